The van der Waals surface area contributed by atoms with Gasteiger partial charge in [0.15, 0.2) is 0 Å². The fourth-order valence-electron chi connectivity index (χ4n) is 4.00. The van der Waals surface area contributed by atoms with Gasteiger partial charge in [0.2, 0.25) is 17.6 Å². The second-order valence-electron chi connectivity index (χ2n) is 9.23. The number of Topliss-reactive ketones (excluding diaryl/α,β-unsaturated/α-hetero) is 1. The molecule has 0 bridgehead atoms. The number of rotatable bonds is 12. The SMILES string of the molecule is CCCC(F)(F)C[C@H](NC(=O)N1CCOCC1)C(=O)N[C@@H](CC)C(=O)c1nnc(-c2ccc(OC(F)(F)F)cc2)o1. The van der Waals surface area contributed by atoms with Crippen molar-refractivity contribution in [2.24, 2.45) is 0 Å². The lowest BCUT2D eigenvalue weighted by Crippen LogP contribution is -2.56. The molecule has 2 aromatic rings. The summed E-state index contributed by atoms with van der Waals surface area (Å²) in [7, 11) is 0. The van der Waals surface area contributed by atoms with E-state index in [2.05, 4.69) is 25.6 Å². The van der Waals surface area contributed by atoms with Gasteiger partial charge in [-0.05, 0) is 30.7 Å². The van der Waals surface area contributed by atoms with E-state index in [1.54, 1.807) is 13.8 Å². The molecule has 0 spiro atoms. The van der Waals surface area contributed by atoms with Crippen molar-refractivity contribution >= 4 is 17.7 Å². The van der Waals surface area contributed by atoms with Gasteiger partial charge in [0.05, 0.1) is 19.3 Å². The molecule has 1 aliphatic heterocycles. The Bertz CT molecular complexity index is 1180. The largest absolute Gasteiger partial charge is 0.573 e. The highest BCUT2D eigenvalue weighted by Gasteiger charge is 2.38. The number of urea groups is 1. The lowest BCUT2D eigenvalue weighted by molar-refractivity contribution is -0.274. The summed E-state index contributed by atoms with van der Waals surface area (Å²) in [6.45, 7) is 4.08. The smallest absolute Gasteiger partial charge is 0.414 e. The predicted molar refractivity (Wildman–Crippen MR) is 132 cm³/mol. The number of carbonyl (C=O) groups is 3. The molecule has 0 saturated carbocycles. The quantitative estimate of drug-likeness (QED) is 0.280. The number of nitrogens with one attached hydrogen (secondary N) is 2. The number of benzene rings is 1. The van der Waals surface area contributed by atoms with Gasteiger partial charge >= 0.3 is 12.4 Å². The first-order chi connectivity index (χ1) is 19.3. The molecule has 3 amide bonds. The number of hydrogen-bond donors (Lipinski definition) is 2. The van der Waals surface area contributed by atoms with Crippen LogP contribution in [0.25, 0.3) is 11.5 Å². The molecule has 1 saturated heterocycles. The van der Waals surface area contributed by atoms with Gasteiger partial charge in [0.25, 0.3) is 11.8 Å². The zero-order chi connectivity index (χ0) is 30.2. The average molecular weight is 592 g/mol. The van der Waals surface area contributed by atoms with Crippen molar-refractivity contribution in [2.45, 2.75) is 63.9 Å². The van der Waals surface area contributed by atoms with Crippen LogP contribution in [0.5, 0.6) is 5.75 Å². The van der Waals surface area contributed by atoms with Crippen LogP contribution in [-0.2, 0) is 9.53 Å². The van der Waals surface area contributed by atoms with Crippen LogP contribution in [0, 0.1) is 0 Å². The standard InChI is InChI=1S/C25H30F5N5O6/c1-3-9-24(26,27)14-18(32-23(38)35-10-12-39-13-11-35)20(37)31-17(4-2)19(36)22-34-33-21(40-22)15-5-7-16(8-6-15)41-25(28,29)30/h5-8,17-18H,3-4,9-14H2,1-2H3,(H,31,37)(H,32,38)/t17-,18-/m0/s1. The molecule has 226 valence electrons. The highest BCUT2D eigenvalue weighted by Crippen LogP contribution is 2.28. The molecule has 1 aromatic heterocycles. The Balaban J connectivity index is 1.71. The van der Waals surface area contributed by atoms with Gasteiger partial charge in [-0.3, -0.25) is 9.59 Å². The van der Waals surface area contributed by atoms with Crippen LogP contribution in [-0.4, -0.2) is 83.5 Å². The van der Waals surface area contributed by atoms with Crippen molar-refractivity contribution in [2.75, 3.05) is 26.3 Å². The zero-order valence-corrected chi connectivity index (χ0v) is 22.3. The second-order valence-corrected chi connectivity index (χ2v) is 9.23. The van der Waals surface area contributed by atoms with Gasteiger partial charge in [-0.25, -0.2) is 13.6 Å². The van der Waals surface area contributed by atoms with E-state index in [1.807, 2.05) is 0 Å². The number of alkyl halides is 5. The van der Waals surface area contributed by atoms with E-state index in [1.165, 1.54) is 17.0 Å². The summed E-state index contributed by atoms with van der Waals surface area (Å²) in [5.41, 5.74) is 0.187. The van der Waals surface area contributed by atoms with Gasteiger partial charge in [0, 0.05) is 31.5 Å². The molecule has 41 heavy (non-hydrogen) atoms. The van der Waals surface area contributed by atoms with Crippen molar-refractivity contribution in [3.8, 4) is 17.2 Å². The van der Waals surface area contributed by atoms with Crippen LogP contribution in [0.15, 0.2) is 28.7 Å². The number of ether oxygens (including phenoxy) is 2. The summed E-state index contributed by atoms with van der Waals surface area (Å²) in [4.78, 5) is 40.1. The molecule has 0 aliphatic carbocycles. The Morgan fingerprint density at radius 3 is 2.24 bits per heavy atom. The first-order valence-electron chi connectivity index (χ1n) is 12.9. The molecule has 11 nitrogen and oxygen atoms in total. The number of hydrogen-bond acceptors (Lipinski definition) is 8. The van der Waals surface area contributed by atoms with E-state index in [9.17, 15) is 36.3 Å². The summed E-state index contributed by atoms with van der Waals surface area (Å²) in [6.07, 6.45) is -6.20. The minimum atomic E-state index is -4.87. The number of aromatic nitrogens is 2. The lowest BCUT2D eigenvalue weighted by Gasteiger charge is -2.30. The van der Waals surface area contributed by atoms with Crippen molar-refractivity contribution in [1.82, 2.24) is 25.7 Å². The fourth-order valence-corrected chi connectivity index (χ4v) is 4.00. The second kappa shape index (κ2) is 13.7. The average Bonchev–Trinajstić information content (AvgIpc) is 3.41. The third-order valence-corrected chi connectivity index (χ3v) is 6.04. The Morgan fingerprint density at radius 2 is 1.66 bits per heavy atom. The highest BCUT2D eigenvalue weighted by molar-refractivity contribution is 5.99. The maximum Gasteiger partial charge on any atom is 0.573 e. The van der Waals surface area contributed by atoms with Crippen molar-refractivity contribution in [1.29, 1.82) is 0 Å². The lowest BCUT2D eigenvalue weighted by atomic mass is 10.0. The molecule has 1 aromatic carbocycles. The fraction of sp³-hybridized carbons (Fsp3) is 0.560. The van der Waals surface area contributed by atoms with E-state index in [0.717, 1.165) is 12.1 Å². The van der Waals surface area contributed by atoms with Gasteiger partial charge in [-0.1, -0.05) is 20.3 Å². The number of carbonyl (C=O) groups excluding carboxylic acids is 3. The summed E-state index contributed by atoms with van der Waals surface area (Å²) in [6, 6.07) is 0.825. The molecule has 16 heteroatoms. The van der Waals surface area contributed by atoms with Gasteiger partial charge in [-0.15, -0.1) is 23.4 Å². The summed E-state index contributed by atoms with van der Waals surface area (Å²) < 4.78 is 80.5. The Kier molecular flexibility index (Phi) is 10.6. The molecule has 2 heterocycles. The van der Waals surface area contributed by atoms with E-state index in [0.29, 0.717) is 0 Å². The molecule has 3 rings (SSSR count). The van der Waals surface area contributed by atoms with Crippen LogP contribution in [0.1, 0.15) is 50.2 Å². The number of nitrogens with zero attached hydrogens (tertiary/aromatic N) is 3. The summed E-state index contributed by atoms with van der Waals surface area (Å²) in [5.74, 6) is -6.28. The third kappa shape index (κ3) is 9.37. The van der Waals surface area contributed by atoms with E-state index < -0.39 is 66.6 Å². The minimum Gasteiger partial charge on any atom is -0.414 e. The normalized spacial score (nSPS) is 15.6. The molecule has 1 aliphatic rings. The first-order valence-corrected chi connectivity index (χ1v) is 12.9. The molecule has 1 fully saturated rings. The van der Waals surface area contributed by atoms with Crippen molar-refractivity contribution in [3.63, 3.8) is 0 Å². The number of halogens is 5. The number of morpholine rings is 1. The van der Waals surface area contributed by atoms with Gasteiger partial charge in [0.1, 0.15) is 11.8 Å². The Hall–Kier alpha value is -3.82. The van der Waals surface area contributed by atoms with E-state index in [-0.39, 0.29) is 50.6 Å². The minimum absolute atomic E-state index is 0.0151. The number of amides is 3. The maximum absolute atomic E-state index is 14.5. The van der Waals surface area contributed by atoms with Crippen LogP contribution >= 0.6 is 0 Å². The van der Waals surface area contributed by atoms with E-state index in [4.69, 9.17) is 9.15 Å². The highest BCUT2D eigenvalue weighted by atomic mass is 19.4. The number of ketones is 1. The first kappa shape index (κ1) is 31.7. The Labute approximate surface area is 231 Å². The predicted octanol–water partition coefficient (Wildman–Crippen LogP) is 3.95. The molecular weight excluding hydrogens is 561 g/mol. The monoisotopic (exact) mass is 591 g/mol. The molecule has 2 atom stereocenters. The molecule has 2 N–H and O–H groups in total. The van der Waals surface area contributed by atoms with Crippen LogP contribution in [0.3, 0.4) is 0 Å². The molecule has 0 unspecified atom stereocenters. The summed E-state index contributed by atoms with van der Waals surface area (Å²) in [5, 5.41) is 12.1. The van der Waals surface area contributed by atoms with Crippen molar-refractivity contribution < 1.29 is 50.2 Å². The van der Waals surface area contributed by atoms with Gasteiger partial charge < -0.3 is 29.4 Å². The third-order valence-electron chi connectivity index (χ3n) is 6.04. The molecular formula is C25H30F5N5O6. The van der Waals surface area contributed by atoms with Gasteiger partial charge in [-0.2, -0.15) is 0 Å². The van der Waals surface area contributed by atoms with Crippen LogP contribution in [0.4, 0.5) is 26.7 Å². The van der Waals surface area contributed by atoms with Crippen LogP contribution in [0.2, 0.25) is 0 Å². The zero-order valence-electron chi connectivity index (χ0n) is 22.3. The maximum atomic E-state index is 14.5. The Morgan fingerprint density at radius 1 is 1.00 bits per heavy atom. The topological polar surface area (TPSA) is 136 Å². The van der Waals surface area contributed by atoms with Crippen molar-refractivity contribution in [3.05, 3.63) is 30.2 Å². The summed E-state index contributed by atoms with van der Waals surface area (Å²) >= 11 is 0. The van der Waals surface area contributed by atoms with E-state index >= 15 is 0 Å². The molecule has 0 radical (unpaired) electrons. The van der Waals surface area contributed by atoms with Crippen LogP contribution < -0.4 is 15.4 Å².